The first-order valence-electron chi connectivity index (χ1n) is 9.31. The van der Waals surface area contributed by atoms with Gasteiger partial charge >= 0.3 is 0 Å². The molecule has 2 unspecified atom stereocenters. The molecule has 1 fully saturated rings. The zero-order chi connectivity index (χ0) is 18.4. The Kier molecular flexibility index (Phi) is 7.12. The molecule has 2 N–H and O–H groups in total. The molecule has 1 amide bonds. The van der Waals surface area contributed by atoms with Gasteiger partial charge in [0.2, 0.25) is 0 Å². The van der Waals surface area contributed by atoms with Gasteiger partial charge in [-0.1, -0.05) is 13.8 Å². The number of likely N-dealkylation sites (tertiary alicyclic amines) is 1. The van der Waals surface area contributed by atoms with Crippen LogP contribution in [0.25, 0.3) is 0 Å². The van der Waals surface area contributed by atoms with E-state index in [2.05, 4.69) is 13.8 Å². The second-order valence-electron chi connectivity index (χ2n) is 7.32. The van der Waals surface area contributed by atoms with E-state index in [1.165, 1.54) is 0 Å². The highest BCUT2D eigenvalue weighted by Crippen LogP contribution is 2.30. The summed E-state index contributed by atoms with van der Waals surface area (Å²) in [5.74, 6) is 1.89. The van der Waals surface area contributed by atoms with Crippen LogP contribution >= 0.6 is 0 Å². The number of hydrogen-bond acceptors (Lipinski definition) is 4. The fourth-order valence-corrected chi connectivity index (χ4v) is 3.25. The van der Waals surface area contributed by atoms with Crippen molar-refractivity contribution in [3.63, 3.8) is 0 Å². The maximum atomic E-state index is 13.0. The smallest absolute Gasteiger partial charge is 0.254 e. The van der Waals surface area contributed by atoms with Crippen molar-refractivity contribution in [1.82, 2.24) is 4.90 Å². The van der Waals surface area contributed by atoms with Gasteiger partial charge in [0.1, 0.15) is 0 Å². The van der Waals surface area contributed by atoms with E-state index in [-0.39, 0.29) is 18.0 Å². The van der Waals surface area contributed by atoms with Crippen LogP contribution in [-0.4, -0.2) is 43.2 Å². The molecule has 1 heterocycles. The lowest BCUT2D eigenvalue weighted by atomic mass is 9.96. The molecule has 0 radical (unpaired) electrons. The third-order valence-electron chi connectivity index (χ3n) is 4.78. The number of ether oxygens (including phenoxy) is 2. The Balaban J connectivity index is 2.14. The van der Waals surface area contributed by atoms with Gasteiger partial charge in [-0.2, -0.15) is 0 Å². The summed E-state index contributed by atoms with van der Waals surface area (Å²) < 4.78 is 11.2. The van der Waals surface area contributed by atoms with Crippen LogP contribution in [0.3, 0.4) is 0 Å². The van der Waals surface area contributed by atoms with E-state index in [1.807, 2.05) is 24.0 Å². The monoisotopic (exact) mass is 348 g/mol. The second kappa shape index (κ2) is 9.09. The first-order valence-corrected chi connectivity index (χ1v) is 9.31. The number of methoxy groups -OCH3 is 1. The predicted octanol–water partition coefficient (Wildman–Crippen LogP) is 3.46. The van der Waals surface area contributed by atoms with Gasteiger partial charge in [-0.05, 0) is 56.7 Å². The van der Waals surface area contributed by atoms with Crippen LogP contribution in [-0.2, 0) is 0 Å². The molecule has 0 saturated carbocycles. The van der Waals surface area contributed by atoms with Crippen LogP contribution in [0.5, 0.6) is 11.5 Å². The standard InChI is InChI=1S/C20H32N2O3/c1-14(2)10-12-25-18-9-8-16(13-19(18)24-4)20(23)22-11-6-5-7-17(22)15(3)21/h8-9,13-15,17H,5-7,10-12,21H2,1-4H3. The van der Waals surface area contributed by atoms with Gasteiger partial charge in [-0.3, -0.25) is 4.79 Å². The van der Waals surface area contributed by atoms with Crippen molar-refractivity contribution in [2.75, 3.05) is 20.3 Å². The van der Waals surface area contributed by atoms with Crippen LogP contribution in [0.2, 0.25) is 0 Å². The molecule has 0 aliphatic carbocycles. The number of nitrogens with two attached hydrogens (primary N) is 1. The molecule has 2 rings (SSSR count). The van der Waals surface area contributed by atoms with E-state index in [4.69, 9.17) is 15.2 Å². The minimum absolute atomic E-state index is 0.0223. The third kappa shape index (κ3) is 5.11. The number of carbonyl (C=O) groups excluding carboxylic acids is 1. The fraction of sp³-hybridized carbons (Fsp3) is 0.650. The van der Waals surface area contributed by atoms with Crippen molar-refractivity contribution in [3.8, 4) is 11.5 Å². The number of rotatable bonds is 7. The molecule has 140 valence electrons. The lowest BCUT2D eigenvalue weighted by Gasteiger charge is -2.38. The largest absolute Gasteiger partial charge is 0.493 e. The Morgan fingerprint density at radius 1 is 1.28 bits per heavy atom. The Bertz CT molecular complexity index is 572. The number of piperidine rings is 1. The van der Waals surface area contributed by atoms with Gasteiger partial charge < -0.3 is 20.1 Å². The molecule has 5 heteroatoms. The summed E-state index contributed by atoms with van der Waals surface area (Å²) in [5.41, 5.74) is 6.72. The molecular formula is C20H32N2O3. The molecule has 1 aromatic carbocycles. The van der Waals surface area contributed by atoms with Gasteiger partial charge in [0.05, 0.1) is 13.7 Å². The highest BCUT2D eigenvalue weighted by atomic mass is 16.5. The minimum Gasteiger partial charge on any atom is -0.493 e. The average Bonchev–Trinajstić information content (AvgIpc) is 2.61. The van der Waals surface area contributed by atoms with Crippen LogP contribution in [0.15, 0.2) is 18.2 Å². The summed E-state index contributed by atoms with van der Waals surface area (Å²) in [6.07, 6.45) is 4.11. The third-order valence-corrected chi connectivity index (χ3v) is 4.78. The summed E-state index contributed by atoms with van der Waals surface area (Å²) in [6.45, 7) is 7.70. The van der Waals surface area contributed by atoms with E-state index < -0.39 is 0 Å². The summed E-state index contributed by atoms with van der Waals surface area (Å²) in [5, 5.41) is 0. The van der Waals surface area contributed by atoms with Gasteiger partial charge in [0, 0.05) is 24.2 Å². The molecule has 1 aliphatic rings. The lowest BCUT2D eigenvalue weighted by Crippen LogP contribution is -2.51. The van der Waals surface area contributed by atoms with Gasteiger partial charge in [0.25, 0.3) is 5.91 Å². The molecule has 1 aliphatic heterocycles. The highest BCUT2D eigenvalue weighted by molar-refractivity contribution is 5.95. The number of benzene rings is 1. The van der Waals surface area contributed by atoms with E-state index in [9.17, 15) is 4.79 Å². The Morgan fingerprint density at radius 3 is 2.68 bits per heavy atom. The second-order valence-corrected chi connectivity index (χ2v) is 7.32. The summed E-state index contributed by atoms with van der Waals surface area (Å²) in [7, 11) is 1.60. The van der Waals surface area contributed by atoms with E-state index in [0.717, 1.165) is 32.2 Å². The van der Waals surface area contributed by atoms with Crippen LogP contribution in [0.4, 0.5) is 0 Å². The zero-order valence-electron chi connectivity index (χ0n) is 16.0. The van der Waals surface area contributed by atoms with Crippen molar-refractivity contribution < 1.29 is 14.3 Å². The van der Waals surface area contributed by atoms with Crippen molar-refractivity contribution in [3.05, 3.63) is 23.8 Å². The SMILES string of the molecule is COc1cc(C(=O)N2CCCCC2C(C)N)ccc1OCCC(C)C. The number of hydrogen-bond donors (Lipinski definition) is 1. The molecule has 2 atom stereocenters. The molecule has 0 spiro atoms. The van der Waals surface area contributed by atoms with Crippen molar-refractivity contribution in [2.45, 2.75) is 58.5 Å². The van der Waals surface area contributed by atoms with Gasteiger partial charge in [0.15, 0.2) is 11.5 Å². The van der Waals surface area contributed by atoms with Crippen molar-refractivity contribution >= 4 is 5.91 Å². The molecule has 0 aromatic heterocycles. The predicted molar refractivity (Wildman–Crippen MR) is 100 cm³/mol. The van der Waals surface area contributed by atoms with Gasteiger partial charge in [-0.15, -0.1) is 0 Å². The van der Waals surface area contributed by atoms with Crippen LogP contribution in [0.1, 0.15) is 56.8 Å². The van der Waals surface area contributed by atoms with Gasteiger partial charge in [-0.25, -0.2) is 0 Å². The first-order chi connectivity index (χ1) is 11.9. The average molecular weight is 348 g/mol. The van der Waals surface area contributed by atoms with Crippen LogP contribution in [0, 0.1) is 5.92 Å². The fourth-order valence-electron chi connectivity index (χ4n) is 3.25. The summed E-state index contributed by atoms with van der Waals surface area (Å²) in [4.78, 5) is 14.9. The topological polar surface area (TPSA) is 64.8 Å². The maximum Gasteiger partial charge on any atom is 0.254 e. The number of amides is 1. The number of nitrogens with zero attached hydrogens (tertiary/aromatic N) is 1. The zero-order valence-corrected chi connectivity index (χ0v) is 16.0. The lowest BCUT2D eigenvalue weighted by molar-refractivity contribution is 0.0583. The number of carbonyl (C=O) groups is 1. The van der Waals surface area contributed by atoms with E-state index in [0.29, 0.717) is 29.6 Å². The summed E-state index contributed by atoms with van der Waals surface area (Å²) >= 11 is 0. The molecular weight excluding hydrogens is 316 g/mol. The summed E-state index contributed by atoms with van der Waals surface area (Å²) in [6, 6.07) is 5.51. The Hall–Kier alpha value is -1.75. The van der Waals surface area contributed by atoms with Crippen LogP contribution < -0.4 is 15.2 Å². The Morgan fingerprint density at radius 2 is 2.04 bits per heavy atom. The molecule has 1 aromatic rings. The minimum atomic E-state index is -0.0233. The van der Waals surface area contributed by atoms with Crippen molar-refractivity contribution in [2.24, 2.45) is 11.7 Å². The first kappa shape index (κ1) is 19.6. The quantitative estimate of drug-likeness (QED) is 0.819. The normalized spacial score (nSPS) is 19.0. The van der Waals surface area contributed by atoms with E-state index in [1.54, 1.807) is 13.2 Å². The van der Waals surface area contributed by atoms with E-state index >= 15 is 0 Å². The molecule has 1 saturated heterocycles. The van der Waals surface area contributed by atoms with Crippen molar-refractivity contribution in [1.29, 1.82) is 0 Å². The molecule has 0 bridgehead atoms. The maximum absolute atomic E-state index is 13.0. The Labute approximate surface area is 151 Å². The molecule has 5 nitrogen and oxygen atoms in total. The molecule has 25 heavy (non-hydrogen) atoms. The highest BCUT2D eigenvalue weighted by Gasteiger charge is 2.30.